The lowest BCUT2D eigenvalue weighted by molar-refractivity contribution is 0.1000. The highest BCUT2D eigenvalue weighted by Crippen LogP contribution is 2.22. The smallest absolute Gasteiger partial charge is 0.248 e. The molecule has 1 atom stereocenters. The number of nitrogens with zero attached hydrogens (tertiary/aromatic N) is 2. The molecule has 1 amide bonds. The van der Waals surface area contributed by atoms with E-state index in [1.165, 1.54) is 6.42 Å². The van der Waals surface area contributed by atoms with Gasteiger partial charge in [0, 0.05) is 24.3 Å². The molecule has 5 heteroatoms. The molecule has 2 heterocycles. The van der Waals surface area contributed by atoms with Crippen LogP contribution in [0.3, 0.4) is 0 Å². The number of rotatable bonds is 3. The van der Waals surface area contributed by atoms with Gasteiger partial charge in [-0.05, 0) is 44.4 Å². The summed E-state index contributed by atoms with van der Waals surface area (Å²) in [6.07, 6.45) is 2.28. The molecule has 0 spiro atoms. The van der Waals surface area contributed by atoms with Crippen molar-refractivity contribution in [2.24, 2.45) is 17.4 Å². The van der Waals surface area contributed by atoms with Crippen LogP contribution in [0.5, 0.6) is 0 Å². The minimum absolute atomic E-state index is 0.408. The first-order valence-electron chi connectivity index (χ1n) is 6.33. The molecule has 18 heavy (non-hydrogen) atoms. The summed E-state index contributed by atoms with van der Waals surface area (Å²) in [4.78, 5) is 17.9. The molecule has 1 aromatic heterocycles. The predicted octanol–water partition coefficient (Wildman–Crippen LogP) is 0.664. The van der Waals surface area contributed by atoms with E-state index in [-0.39, 0.29) is 0 Å². The standard InChI is InChI=1S/C13H20N4O/c1-9-5-11(13(15)18)6-12(16-9)17-4-2-3-10(7-14)8-17/h5-6,10H,2-4,7-8,14H2,1H3,(H2,15,18). The summed E-state index contributed by atoms with van der Waals surface area (Å²) < 4.78 is 0. The van der Waals surface area contributed by atoms with Crippen molar-refractivity contribution in [1.29, 1.82) is 0 Å². The van der Waals surface area contributed by atoms with E-state index < -0.39 is 5.91 Å². The summed E-state index contributed by atoms with van der Waals surface area (Å²) in [5, 5.41) is 0. The fraction of sp³-hybridized carbons (Fsp3) is 0.538. The molecule has 98 valence electrons. The quantitative estimate of drug-likeness (QED) is 0.823. The number of hydrogen-bond donors (Lipinski definition) is 2. The predicted molar refractivity (Wildman–Crippen MR) is 71.5 cm³/mol. The van der Waals surface area contributed by atoms with Gasteiger partial charge in [-0.1, -0.05) is 0 Å². The van der Waals surface area contributed by atoms with Gasteiger partial charge in [-0.3, -0.25) is 4.79 Å². The summed E-state index contributed by atoms with van der Waals surface area (Å²) in [5.74, 6) is 0.939. The van der Waals surface area contributed by atoms with Gasteiger partial charge in [0.25, 0.3) is 0 Å². The first-order chi connectivity index (χ1) is 8.60. The Morgan fingerprint density at radius 1 is 1.56 bits per heavy atom. The van der Waals surface area contributed by atoms with Crippen LogP contribution in [0, 0.1) is 12.8 Å². The van der Waals surface area contributed by atoms with Crippen molar-refractivity contribution in [2.45, 2.75) is 19.8 Å². The van der Waals surface area contributed by atoms with Crippen LogP contribution >= 0.6 is 0 Å². The van der Waals surface area contributed by atoms with E-state index in [0.717, 1.165) is 31.0 Å². The first-order valence-corrected chi connectivity index (χ1v) is 6.33. The molecule has 0 aromatic carbocycles. The van der Waals surface area contributed by atoms with Crippen LogP contribution in [0.4, 0.5) is 5.82 Å². The lowest BCUT2D eigenvalue weighted by atomic mass is 9.98. The van der Waals surface area contributed by atoms with Crippen LogP contribution in [0.25, 0.3) is 0 Å². The van der Waals surface area contributed by atoms with Crippen molar-refractivity contribution >= 4 is 11.7 Å². The summed E-state index contributed by atoms with van der Waals surface area (Å²) in [6.45, 7) is 4.45. The Morgan fingerprint density at radius 2 is 2.33 bits per heavy atom. The Morgan fingerprint density at radius 3 is 3.00 bits per heavy atom. The Labute approximate surface area is 107 Å². The molecule has 5 nitrogen and oxygen atoms in total. The van der Waals surface area contributed by atoms with Crippen molar-refractivity contribution in [3.8, 4) is 0 Å². The number of aromatic nitrogens is 1. The van der Waals surface area contributed by atoms with Crippen LogP contribution in [-0.4, -0.2) is 30.5 Å². The average Bonchev–Trinajstić information content (AvgIpc) is 2.38. The van der Waals surface area contributed by atoms with Gasteiger partial charge in [0.05, 0.1) is 0 Å². The normalized spacial score (nSPS) is 19.9. The third kappa shape index (κ3) is 2.79. The molecule has 1 aliphatic heterocycles. The zero-order valence-electron chi connectivity index (χ0n) is 10.7. The van der Waals surface area contributed by atoms with E-state index in [0.29, 0.717) is 18.0 Å². The molecule has 4 N–H and O–H groups in total. The van der Waals surface area contributed by atoms with E-state index >= 15 is 0 Å². The third-order valence-electron chi connectivity index (χ3n) is 3.40. The summed E-state index contributed by atoms with van der Waals surface area (Å²) >= 11 is 0. The minimum atomic E-state index is -0.408. The number of aryl methyl sites for hydroxylation is 1. The maximum atomic E-state index is 11.3. The van der Waals surface area contributed by atoms with Crippen molar-refractivity contribution in [2.75, 3.05) is 24.5 Å². The molecular weight excluding hydrogens is 228 g/mol. The van der Waals surface area contributed by atoms with Crippen molar-refractivity contribution in [1.82, 2.24) is 4.98 Å². The van der Waals surface area contributed by atoms with Crippen LogP contribution in [0.2, 0.25) is 0 Å². The number of piperidine rings is 1. The first kappa shape index (κ1) is 12.8. The molecule has 1 aliphatic rings. The Bertz CT molecular complexity index is 447. The molecule has 1 aromatic rings. The number of anilines is 1. The third-order valence-corrected chi connectivity index (χ3v) is 3.40. The molecule has 1 fully saturated rings. The SMILES string of the molecule is Cc1cc(C(N)=O)cc(N2CCCC(CN)C2)n1. The summed E-state index contributed by atoms with van der Waals surface area (Å²) in [5.41, 5.74) is 12.4. The number of carbonyl (C=O) groups excluding carboxylic acids is 1. The topological polar surface area (TPSA) is 85.2 Å². The molecule has 1 unspecified atom stereocenters. The molecule has 1 saturated heterocycles. The van der Waals surface area contributed by atoms with E-state index in [2.05, 4.69) is 9.88 Å². The number of primary amides is 1. The van der Waals surface area contributed by atoms with Crippen LogP contribution in [-0.2, 0) is 0 Å². The molecule has 0 radical (unpaired) electrons. The second-order valence-electron chi connectivity index (χ2n) is 4.91. The second kappa shape index (κ2) is 5.35. The van der Waals surface area contributed by atoms with Gasteiger partial charge < -0.3 is 16.4 Å². The molecular formula is C13H20N4O. The van der Waals surface area contributed by atoms with Gasteiger partial charge in [0.2, 0.25) is 5.91 Å². The van der Waals surface area contributed by atoms with Gasteiger partial charge >= 0.3 is 0 Å². The summed E-state index contributed by atoms with van der Waals surface area (Å²) in [6, 6.07) is 3.49. The minimum Gasteiger partial charge on any atom is -0.366 e. The maximum Gasteiger partial charge on any atom is 0.248 e. The number of pyridine rings is 1. The van der Waals surface area contributed by atoms with Gasteiger partial charge in [-0.2, -0.15) is 0 Å². The fourth-order valence-corrected chi connectivity index (χ4v) is 2.42. The lowest BCUT2D eigenvalue weighted by Gasteiger charge is -2.33. The number of nitrogens with two attached hydrogens (primary N) is 2. The van der Waals surface area contributed by atoms with E-state index in [9.17, 15) is 4.79 Å². The Balaban J connectivity index is 2.24. The van der Waals surface area contributed by atoms with Crippen molar-refractivity contribution in [3.05, 3.63) is 23.4 Å². The van der Waals surface area contributed by atoms with Crippen LogP contribution < -0.4 is 16.4 Å². The van der Waals surface area contributed by atoms with Gasteiger partial charge in [-0.25, -0.2) is 4.98 Å². The number of amides is 1. The zero-order valence-corrected chi connectivity index (χ0v) is 10.7. The fourth-order valence-electron chi connectivity index (χ4n) is 2.42. The van der Waals surface area contributed by atoms with E-state index in [4.69, 9.17) is 11.5 Å². The van der Waals surface area contributed by atoms with Crippen LogP contribution in [0.1, 0.15) is 28.9 Å². The Kier molecular flexibility index (Phi) is 3.81. The highest BCUT2D eigenvalue weighted by molar-refractivity contribution is 5.93. The molecule has 0 aliphatic carbocycles. The number of hydrogen-bond acceptors (Lipinski definition) is 4. The van der Waals surface area contributed by atoms with Crippen molar-refractivity contribution in [3.63, 3.8) is 0 Å². The Hall–Kier alpha value is -1.62. The average molecular weight is 248 g/mol. The van der Waals surface area contributed by atoms with E-state index in [1.54, 1.807) is 12.1 Å². The molecule has 0 saturated carbocycles. The molecule has 2 rings (SSSR count). The van der Waals surface area contributed by atoms with Gasteiger partial charge in [0.15, 0.2) is 0 Å². The molecule has 0 bridgehead atoms. The monoisotopic (exact) mass is 248 g/mol. The van der Waals surface area contributed by atoms with Gasteiger partial charge in [-0.15, -0.1) is 0 Å². The highest BCUT2D eigenvalue weighted by atomic mass is 16.1. The van der Waals surface area contributed by atoms with Crippen LogP contribution in [0.15, 0.2) is 12.1 Å². The van der Waals surface area contributed by atoms with Crippen molar-refractivity contribution < 1.29 is 4.79 Å². The lowest BCUT2D eigenvalue weighted by Crippen LogP contribution is -2.39. The van der Waals surface area contributed by atoms with Gasteiger partial charge in [0.1, 0.15) is 5.82 Å². The number of carbonyl (C=O) groups is 1. The summed E-state index contributed by atoms with van der Waals surface area (Å²) in [7, 11) is 0. The second-order valence-corrected chi connectivity index (χ2v) is 4.91. The highest BCUT2D eigenvalue weighted by Gasteiger charge is 2.20. The maximum absolute atomic E-state index is 11.3. The largest absolute Gasteiger partial charge is 0.366 e. The van der Waals surface area contributed by atoms with E-state index in [1.807, 2.05) is 6.92 Å². The zero-order chi connectivity index (χ0) is 13.1.